The Morgan fingerprint density at radius 2 is 1.06 bits per heavy atom. The molecule has 0 bridgehead atoms. The SMILES string of the molecule is CCCCCC(=O)OCC.CCCCCCCC/C=C\CCCCCCCC(=O)O.[Ba+2].[Ba+2].[H-].[H-].[H-].[H-]. The minimum absolute atomic E-state index is 0. The molecule has 0 heterocycles. The Morgan fingerprint density at radius 1 is 0.656 bits per heavy atom. The van der Waals surface area contributed by atoms with E-state index in [1.54, 1.807) is 0 Å². The molecule has 0 amide bonds. The van der Waals surface area contributed by atoms with Crippen molar-refractivity contribution in [2.24, 2.45) is 0 Å². The van der Waals surface area contributed by atoms with Crippen LogP contribution in [0.5, 0.6) is 0 Å². The molecule has 186 valence electrons. The number of allylic oxidation sites excluding steroid dienone is 2. The van der Waals surface area contributed by atoms with Gasteiger partial charge in [-0.1, -0.05) is 90.2 Å². The maximum atomic E-state index is 10.7. The second-order valence-electron chi connectivity index (χ2n) is 7.99. The normalized spacial score (nSPS) is 9.97. The molecule has 6 heteroatoms. The van der Waals surface area contributed by atoms with Crippen molar-refractivity contribution in [2.45, 2.75) is 136 Å². The van der Waals surface area contributed by atoms with E-state index < -0.39 is 5.97 Å². The first-order valence-corrected chi connectivity index (χ1v) is 12.6. The van der Waals surface area contributed by atoms with Gasteiger partial charge in [-0.15, -0.1) is 0 Å². The van der Waals surface area contributed by atoms with Crippen LogP contribution in [0.15, 0.2) is 12.2 Å². The number of carboxylic acid groups (broad SMARTS) is 1. The molecule has 0 radical (unpaired) electrons. The van der Waals surface area contributed by atoms with Gasteiger partial charge in [-0.05, 0) is 45.4 Å². The van der Waals surface area contributed by atoms with E-state index in [1.165, 1.54) is 70.6 Å². The second-order valence-corrected chi connectivity index (χ2v) is 7.99. The average molecular weight is 705 g/mol. The third-order valence-corrected chi connectivity index (χ3v) is 4.94. The molecule has 32 heavy (non-hydrogen) atoms. The van der Waals surface area contributed by atoms with Gasteiger partial charge in [0.15, 0.2) is 0 Å². The van der Waals surface area contributed by atoms with Crippen LogP contribution in [0.4, 0.5) is 0 Å². The summed E-state index contributed by atoms with van der Waals surface area (Å²) in [6.45, 7) is 6.71. The summed E-state index contributed by atoms with van der Waals surface area (Å²) < 4.78 is 4.75. The Kier molecular flexibility index (Phi) is 47.8. The number of rotatable bonds is 20. The van der Waals surface area contributed by atoms with Crippen LogP contribution in [0.3, 0.4) is 0 Å². The molecule has 0 rings (SSSR count). The fraction of sp³-hybridized carbons (Fsp3) is 0.846. The molecule has 1 N–H and O–H groups in total. The number of unbranched alkanes of at least 4 members (excludes halogenated alkanes) is 13. The predicted octanol–water partition coefficient (Wildman–Crippen LogP) is 7.93. The van der Waals surface area contributed by atoms with Crippen molar-refractivity contribution in [2.75, 3.05) is 6.61 Å². The Morgan fingerprint density at radius 3 is 1.53 bits per heavy atom. The quantitative estimate of drug-likeness (QED) is 0.0606. The minimum Gasteiger partial charge on any atom is -1.00 e. The van der Waals surface area contributed by atoms with Crippen LogP contribution in [-0.2, 0) is 14.3 Å². The van der Waals surface area contributed by atoms with Crippen molar-refractivity contribution in [1.29, 1.82) is 0 Å². The Bertz CT molecular complexity index is 419. The number of carbonyl (C=O) groups is 2. The average Bonchev–Trinajstić information content (AvgIpc) is 2.71. The molecule has 0 aliphatic heterocycles. The van der Waals surface area contributed by atoms with Gasteiger partial charge in [-0.25, -0.2) is 0 Å². The number of aliphatic carboxylic acids is 1. The van der Waals surface area contributed by atoms with E-state index in [0.29, 0.717) is 19.4 Å². The fourth-order valence-electron chi connectivity index (χ4n) is 3.10. The van der Waals surface area contributed by atoms with E-state index >= 15 is 0 Å². The summed E-state index contributed by atoms with van der Waals surface area (Å²) in [6.07, 6.45) is 25.1. The van der Waals surface area contributed by atoms with E-state index in [-0.39, 0.29) is 109 Å². The molecule has 4 nitrogen and oxygen atoms in total. The number of hydrogen-bond acceptors (Lipinski definition) is 3. The summed E-state index contributed by atoms with van der Waals surface area (Å²) in [5.74, 6) is -0.724. The van der Waals surface area contributed by atoms with Crippen molar-refractivity contribution < 1.29 is 25.1 Å². The van der Waals surface area contributed by atoms with E-state index in [4.69, 9.17) is 9.84 Å². The van der Waals surface area contributed by atoms with Crippen molar-refractivity contribution >= 4 is 110 Å². The molecule has 0 fully saturated rings. The Labute approximate surface area is 286 Å². The maximum absolute atomic E-state index is 10.7. The van der Waals surface area contributed by atoms with E-state index in [2.05, 4.69) is 26.0 Å². The van der Waals surface area contributed by atoms with E-state index in [9.17, 15) is 9.59 Å². The molecule has 0 aliphatic rings. The molecule has 0 saturated heterocycles. The number of hydrogen-bond donors (Lipinski definition) is 1. The summed E-state index contributed by atoms with van der Waals surface area (Å²) in [7, 11) is 0. The largest absolute Gasteiger partial charge is 2.00 e. The molecule has 0 saturated carbocycles. The van der Waals surface area contributed by atoms with Crippen LogP contribution in [-0.4, -0.2) is 121 Å². The Hall–Kier alpha value is 1.82. The van der Waals surface area contributed by atoms with Crippen LogP contribution in [0.1, 0.15) is 142 Å². The zero-order valence-electron chi connectivity index (χ0n) is 25.7. The number of carboxylic acids is 1. The van der Waals surface area contributed by atoms with Gasteiger partial charge < -0.3 is 15.5 Å². The van der Waals surface area contributed by atoms with Crippen LogP contribution in [0.25, 0.3) is 0 Å². The van der Waals surface area contributed by atoms with Crippen LogP contribution in [0, 0.1) is 0 Å². The first-order valence-electron chi connectivity index (χ1n) is 12.6. The standard InChI is InChI=1S/C18H34O2.C8H16O2.2Ba.4H/c1-2-3-4-5-6-7-8-9-10-11-12-13-14-15-16-17-18(19)20;1-3-5-6-7-8(9)10-4-2;;;;;;/h9-10H,2-8,11-17H2,1H3,(H,19,20);3-7H2,1-2H3;;;;;;/q;;2*+2;4*-1/b10-9-;;;;;;;. The molecule has 0 aliphatic carbocycles. The second kappa shape index (κ2) is 37.4. The summed E-state index contributed by atoms with van der Waals surface area (Å²) in [5, 5.41) is 8.51. The maximum Gasteiger partial charge on any atom is 2.00 e. The van der Waals surface area contributed by atoms with Crippen molar-refractivity contribution in [1.82, 2.24) is 0 Å². The number of esters is 1. The van der Waals surface area contributed by atoms with Gasteiger partial charge in [0.1, 0.15) is 0 Å². The monoisotopic (exact) mass is 706 g/mol. The predicted molar refractivity (Wildman–Crippen MR) is 144 cm³/mol. The van der Waals surface area contributed by atoms with Gasteiger partial charge >= 0.3 is 110 Å². The molecule has 0 aromatic heterocycles. The third-order valence-electron chi connectivity index (χ3n) is 4.94. The number of ether oxygens (including phenoxy) is 1. The molecule has 0 aromatic rings. The number of carbonyl (C=O) groups excluding carboxylic acids is 1. The van der Waals surface area contributed by atoms with Crippen molar-refractivity contribution in [3.8, 4) is 0 Å². The first kappa shape index (κ1) is 41.0. The van der Waals surface area contributed by atoms with Gasteiger partial charge in [0.05, 0.1) is 6.61 Å². The Balaban J connectivity index is -0.0000000716. The summed E-state index contributed by atoms with van der Waals surface area (Å²) in [4.78, 5) is 21.0. The van der Waals surface area contributed by atoms with Crippen molar-refractivity contribution in [3.05, 3.63) is 12.2 Å². The first-order chi connectivity index (χ1) is 14.6. The fourth-order valence-corrected chi connectivity index (χ4v) is 3.10. The molecular weight excluding hydrogens is 651 g/mol. The summed E-state index contributed by atoms with van der Waals surface area (Å²) in [5.41, 5.74) is 0. The van der Waals surface area contributed by atoms with Crippen LogP contribution < -0.4 is 0 Å². The van der Waals surface area contributed by atoms with E-state index in [1.807, 2.05) is 6.92 Å². The molecule has 0 atom stereocenters. The molecule has 0 spiro atoms. The van der Waals surface area contributed by atoms with Gasteiger partial charge in [0.2, 0.25) is 0 Å². The minimum atomic E-state index is -0.664. The zero-order chi connectivity index (χ0) is 22.7. The molecule has 0 unspecified atom stereocenters. The molecule has 0 aromatic carbocycles. The van der Waals surface area contributed by atoms with Gasteiger partial charge in [0.25, 0.3) is 0 Å². The van der Waals surface area contributed by atoms with Crippen molar-refractivity contribution in [3.63, 3.8) is 0 Å². The van der Waals surface area contributed by atoms with E-state index in [0.717, 1.165) is 32.1 Å². The summed E-state index contributed by atoms with van der Waals surface area (Å²) in [6, 6.07) is 0. The van der Waals surface area contributed by atoms with Crippen LogP contribution >= 0.6 is 0 Å². The smallest absolute Gasteiger partial charge is 1.00 e. The van der Waals surface area contributed by atoms with Gasteiger partial charge in [-0.3, -0.25) is 9.59 Å². The van der Waals surface area contributed by atoms with Gasteiger partial charge in [-0.2, -0.15) is 0 Å². The molecular formula is C26H54Ba2O4. The third kappa shape index (κ3) is 42.0. The summed E-state index contributed by atoms with van der Waals surface area (Å²) >= 11 is 0. The van der Waals surface area contributed by atoms with Gasteiger partial charge in [0, 0.05) is 12.8 Å². The van der Waals surface area contributed by atoms with Crippen LogP contribution in [0.2, 0.25) is 0 Å². The zero-order valence-corrected chi connectivity index (χ0v) is 30.6. The topological polar surface area (TPSA) is 63.6 Å².